The summed E-state index contributed by atoms with van der Waals surface area (Å²) in [6, 6.07) is 0. The summed E-state index contributed by atoms with van der Waals surface area (Å²) in [5.74, 6) is -0.586. The van der Waals surface area contributed by atoms with E-state index in [1.165, 1.54) is 0 Å². The number of methoxy groups -OCH3 is 1. The van der Waals surface area contributed by atoms with E-state index in [9.17, 15) is 9.90 Å². The van der Waals surface area contributed by atoms with Crippen LogP contribution in [0.3, 0.4) is 0 Å². The number of nitrogens with one attached hydrogen (secondary N) is 1. The molecule has 0 aromatic carbocycles. The molecule has 1 aliphatic rings. The molecule has 1 fully saturated rings. The summed E-state index contributed by atoms with van der Waals surface area (Å²) >= 11 is 0. The zero-order valence-corrected chi connectivity index (χ0v) is 13.2. The van der Waals surface area contributed by atoms with E-state index in [0.29, 0.717) is 39.5 Å². The Hall–Kier alpha value is -0.690. The van der Waals surface area contributed by atoms with Crippen molar-refractivity contribution in [3.8, 4) is 0 Å². The topological polar surface area (TPSA) is 77.0 Å². The average molecular weight is 303 g/mol. The molecule has 0 aromatic rings. The molecule has 1 saturated carbocycles. The van der Waals surface area contributed by atoms with Gasteiger partial charge < -0.3 is 24.6 Å². The van der Waals surface area contributed by atoms with Gasteiger partial charge in [0.25, 0.3) is 0 Å². The first kappa shape index (κ1) is 18.4. The number of aliphatic carboxylic acids is 1. The van der Waals surface area contributed by atoms with Crippen LogP contribution < -0.4 is 5.32 Å². The number of likely N-dealkylation sites (N-methyl/N-ethyl adjacent to an activating group) is 1. The fraction of sp³-hybridized carbons (Fsp3) is 0.933. The molecule has 0 heterocycles. The van der Waals surface area contributed by atoms with Crippen LogP contribution in [0.15, 0.2) is 0 Å². The van der Waals surface area contributed by atoms with Crippen LogP contribution in [0.2, 0.25) is 0 Å². The summed E-state index contributed by atoms with van der Waals surface area (Å²) in [6.45, 7) is 3.16. The zero-order valence-electron chi connectivity index (χ0n) is 13.2. The minimum absolute atomic E-state index is 0.151. The van der Waals surface area contributed by atoms with Crippen LogP contribution in [0, 0.1) is 5.92 Å². The van der Waals surface area contributed by atoms with Gasteiger partial charge in [0.1, 0.15) is 5.54 Å². The van der Waals surface area contributed by atoms with Gasteiger partial charge in [-0.1, -0.05) is 6.42 Å². The van der Waals surface area contributed by atoms with Gasteiger partial charge >= 0.3 is 5.97 Å². The summed E-state index contributed by atoms with van der Waals surface area (Å²) in [5, 5.41) is 12.5. The third-order valence-electron chi connectivity index (χ3n) is 4.27. The van der Waals surface area contributed by atoms with Gasteiger partial charge in [-0.3, -0.25) is 4.79 Å². The molecule has 124 valence electrons. The predicted octanol–water partition coefficient (Wildman–Crippen LogP) is 1.29. The lowest BCUT2D eigenvalue weighted by Gasteiger charge is -2.30. The Morgan fingerprint density at radius 3 is 2.57 bits per heavy atom. The van der Waals surface area contributed by atoms with E-state index in [0.717, 1.165) is 25.7 Å². The summed E-state index contributed by atoms with van der Waals surface area (Å²) in [7, 11) is 3.39. The summed E-state index contributed by atoms with van der Waals surface area (Å²) in [5.41, 5.74) is -0.757. The molecular formula is C15H29NO5. The lowest BCUT2D eigenvalue weighted by atomic mass is 9.85. The van der Waals surface area contributed by atoms with Crippen LogP contribution in [-0.2, 0) is 19.0 Å². The van der Waals surface area contributed by atoms with Crippen molar-refractivity contribution in [1.82, 2.24) is 5.32 Å². The molecule has 1 rings (SSSR count). The van der Waals surface area contributed by atoms with E-state index in [1.54, 1.807) is 14.2 Å². The molecule has 0 bridgehead atoms. The smallest absolute Gasteiger partial charge is 0.324 e. The lowest BCUT2D eigenvalue weighted by Crippen LogP contribution is -2.53. The van der Waals surface area contributed by atoms with Crippen LogP contribution >= 0.6 is 0 Å². The number of carbonyl (C=O) groups is 1. The van der Waals surface area contributed by atoms with E-state index in [1.807, 2.05) is 0 Å². The Bertz CT molecular complexity index is 300. The highest BCUT2D eigenvalue weighted by Gasteiger charge is 2.47. The molecule has 0 aromatic heterocycles. The van der Waals surface area contributed by atoms with Gasteiger partial charge in [0.15, 0.2) is 0 Å². The number of carboxylic acid groups (broad SMARTS) is 1. The normalized spacial score (nSPS) is 25.3. The van der Waals surface area contributed by atoms with E-state index in [2.05, 4.69) is 5.32 Å². The van der Waals surface area contributed by atoms with Crippen LogP contribution in [0.25, 0.3) is 0 Å². The maximum absolute atomic E-state index is 11.5. The van der Waals surface area contributed by atoms with E-state index >= 15 is 0 Å². The lowest BCUT2D eigenvalue weighted by molar-refractivity contribution is -0.146. The molecule has 0 amide bonds. The monoisotopic (exact) mass is 303 g/mol. The van der Waals surface area contributed by atoms with Crippen LogP contribution in [0.4, 0.5) is 0 Å². The van der Waals surface area contributed by atoms with Crippen molar-refractivity contribution in [2.75, 3.05) is 47.2 Å². The van der Waals surface area contributed by atoms with Crippen LogP contribution in [0.5, 0.6) is 0 Å². The molecule has 0 saturated heterocycles. The number of carboxylic acids is 1. The Morgan fingerprint density at radius 2 is 1.95 bits per heavy atom. The molecule has 6 nitrogen and oxygen atoms in total. The van der Waals surface area contributed by atoms with Gasteiger partial charge in [-0.2, -0.15) is 0 Å². The van der Waals surface area contributed by atoms with Crippen molar-refractivity contribution >= 4 is 5.97 Å². The minimum Gasteiger partial charge on any atom is -0.480 e. The number of hydrogen-bond donors (Lipinski definition) is 2. The third kappa shape index (κ3) is 5.54. The molecular weight excluding hydrogens is 274 g/mol. The SMILES string of the molecule is CNC1(C(=O)O)CCCC1CCOCCCOCCOC. The van der Waals surface area contributed by atoms with Gasteiger partial charge in [0.05, 0.1) is 13.2 Å². The summed E-state index contributed by atoms with van der Waals surface area (Å²) < 4.78 is 15.8. The first-order valence-corrected chi connectivity index (χ1v) is 7.74. The Labute approximate surface area is 127 Å². The number of rotatable bonds is 12. The number of ether oxygens (including phenoxy) is 3. The molecule has 1 aliphatic carbocycles. The van der Waals surface area contributed by atoms with Gasteiger partial charge in [-0.05, 0) is 38.6 Å². The summed E-state index contributed by atoms with van der Waals surface area (Å²) in [6.07, 6.45) is 4.26. The van der Waals surface area contributed by atoms with Gasteiger partial charge in [0, 0.05) is 26.9 Å². The highest BCUT2D eigenvalue weighted by atomic mass is 16.5. The summed E-state index contributed by atoms with van der Waals surface area (Å²) in [4.78, 5) is 11.5. The molecule has 2 N–H and O–H groups in total. The molecule has 0 aliphatic heterocycles. The molecule has 0 radical (unpaired) electrons. The molecule has 6 heteroatoms. The second kappa shape index (κ2) is 10.1. The van der Waals surface area contributed by atoms with Crippen molar-refractivity contribution in [2.24, 2.45) is 5.92 Å². The quantitative estimate of drug-likeness (QED) is 0.529. The Balaban J connectivity index is 2.11. The third-order valence-corrected chi connectivity index (χ3v) is 4.27. The molecule has 21 heavy (non-hydrogen) atoms. The highest BCUT2D eigenvalue weighted by molar-refractivity contribution is 5.79. The maximum atomic E-state index is 11.5. The minimum atomic E-state index is -0.757. The first-order valence-electron chi connectivity index (χ1n) is 7.74. The number of hydrogen-bond acceptors (Lipinski definition) is 5. The zero-order chi connectivity index (χ0) is 15.6. The van der Waals surface area contributed by atoms with Crippen molar-refractivity contribution < 1.29 is 24.1 Å². The fourth-order valence-corrected chi connectivity index (χ4v) is 3.02. The fourth-order valence-electron chi connectivity index (χ4n) is 3.02. The van der Waals surface area contributed by atoms with Gasteiger partial charge in [-0.15, -0.1) is 0 Å². The van der Waals surface area contributed by atoms with Gasteiger partial charge in [0.2, 0.25) is 0 Å². The van der Waals surface area contributed by atoms with E-state index < -0.39 is 11.5 Å². The van der Waals surface area contributed by atoms with Crippen molar-refractivity contribution in [2.45, 2.75) is 37.6 Å². The average Bonchev–Trinajstić information content (AvgIpc) is 2.89. The maximum Gasteiger partial charge on any atom is 0.324 e. The standard InChI is InChI=1S/C15H29NO5/c1-16-15(14(17)18)7-3-5-13(15)6-10-20-8-4-9-21-12-11-19-2/h13,16H,3-12H2,1-2H3,(H,17,18). The van der Waals surface area contributed by atoms with Crippen LogP contribution in [-0.4, -0.2) is 63.8 Å². The second-order valence-corrected chi connectivity index (χ2v) is 5.48. The predicted molar refractivity (Wildman–Crippen MR) is 79.5 cm³/mol. The van der Waals surface area contributed by atoms with Crippen molar-refractivity contribution in [3.63, 3.8) is 0 Å². The van der Waals surface area contributed by atoms with E-state index in [4.69, 9.17) is 14.2 Å². The van der Waals surface area contributed by atoms with Crippen LogP contribution in [0.1, 0.15) is 32.1 Å². The Morgan fingerprint density at radius 1 is 1.24 bits per heavy atom. The second-order valence-electron chi connectivity index (χ2n) is 5.48. The molecule has 2 atom stereocenters. The van der Waals surface area contributed by atoms with Crippen molar-refractivity contribution in [3.05, 3.63) is 0 Å². The van der Waals surface area contributed by atoms with E-state index in [-0.39, 0.29) is 5.92 Å². The largest absolute Gasteiger partial charge is 0.480 e. The molecule has 2 unspecified atom stereocenters. The highest BCUT2D eigenvalue weighted by Crippen LogP contribution is 2.37. The van der Waals surface area contributed by atoms with Gasteiger partial charge in [-0.25, -0.2) is 0 Å². The van der Waals surface area contributed by atoms with Crippen molar-refractivity contribution in [1.29, 1.82) is 0 Å². The first-order chi connectivity index (χ1) is 10.2. The molecule has 0 spiro atoms. The Kier molecular flexibility index (Phi) is 8.84.